The fraction of sp³-hybridized carbons (Fsp3) is 0.364. The highest BCUT2D eigenvalue weighted by atomic mass is 16.1. The highest BCUT2D eigenvalue weighted by Crippen LogP contribution is 2.32. The molecule has 1 unspecified atom stereocenters. The van der Waals surface area contributed by atoms with Gasteiger partial charge in [-0.15, -0.1) is 0 Å². The van der Waals surface area contributed by atoms with E-state index in [1.807, 2.05) is 55.5 Å². The molecule has 5 rings (SSSR count). The summed E-state index contributed by atoms with van der Waals surface area (Å²) in [7, 11) is 0. The maximum Gasteiger partial charge on any atom is 0.329 e. The second-order valence-electron chi connectivity index (χ2n) is 7.76. The van der Waals surface area contributed by atoms with Gasteiger partial charge in [-0.2, -0.15) is 10.2 Å². The average molecular weight is 392 g/mol. The first-order chi connectivity index (χ1) is 14.8. The van der Waals surface area contributed by atoms with Gasteiger partial charge in [-0.25, -0.2) is 9.78 Å². The van der Waals surface area contributed by atoms with Crippen LogP contribution in [0.5, 0.6) is 0 Å². The summed E-state index contributed by atoms with van der Waals surface area (Å²) in [5.74, 6) is 0.771. The number of rotatable bonds is 6. The number of hydrogen-bond acceptors (Lipinski definition) is 4. The molecule has 1 aliphatic rings. The van der Waals surface area contributed by atoms with Crippen molar-refractivity contribution in [2.45, 2.75) is 51.9 Å². The van der Waals surface area contributed by atoms with Crippen molar-refractivity contribution in [1.82, 2.24) is 18.7 Å². The van der Waals surface area contributed by atoms with E-state index in [9.17, 15) is 4.79 Å². The van der Waals surface area contributed by atoms with E-state index >= 15 is 0 Å². The standard InChI is InChI=1S/C22H24N6O/c1-15(2)28-19-11-7-6-10-18(19)27(21(28)29)14-20-23-16-8-4-5-9-17(16)26(20)13-12-22(3)24-25-22/h4-11,15H,12-14H2,1-3H3/i1T,15T. The molecule has 0 amide bonds. The number of hydrogen-bond donors (Lipinski definition) is 0. The molecule has 2 aromatic carbocycles. The first-order valence-electron chi connectivity index (χ1n) is 10.9. The molecule has 0 aliphatic carbocycles. The molecule has 29 heavy (non-hydrogen) atoms. The van der Waals surface area contributed by atoms with Gasteiger partial charge in [-0.05, 0) is 45.0 Å². The van der Waals surface area contributed by atoms with E-state index in [1.54, 1.807) is 11.5 Å². The fourth-order valence-electron chi connectivity index (χ4n) is 3.88. The van der Waals surface area contributed by atoms with Crippen molar-refractivity contribution in [3.05, 3.63) is 64.8 Å². The van der Waals surface area contributed by atoms with E-state index in [0.29, 0.717) is 12.1 Å². The van der Waals surface area contributed by atoms with E-state index in [4.69, 9.17) is 7.73 Å². The van der Waals surface area contributed by atoms with Crippen molar-refractivity contribution in [2.75, 3.05) is 0 Å². The minimum Gasteiger partial charge on any atom is -0.326 e. The number of imidazole rings is 2. The predicted octanol–water partition coefficient (Wildman–Crippen LogP) is 4.35. The summed E-state index contributed by atoms with van der Waals surface area (Å²) in [6, 6.07) is 14.0. The Hall–Kier alpha value is -3.22. The zero-order valence-electron chi connectivity index (χ0n) is 18.5. The van der Waals surface area contributed by atoms with Crippen LogP contribution in [-0.2, 0) is 13.1 Å². The molecule has 0 N–H and O–H groups in total. The Morgan fingerprint density at radius 1 is 1.07 bits per heavy atom. The summed E-state index contributed by atoms with van der Waals surface area (Å²) in [5.41, 5.74) is 2.65. The van der Waals surface area contributed by atoms with E-state index in [-0.39, 0.29) is 24.8 Å². The largest absolute Gasteiger partial charge is 0.329 e. The Morgan fingerprint density at radius 2 is 1.76 bits per heavy atom. The summed E-state index contributed by atoms with van der Waals surface area (Å²) < 4.78 is 21.5. The van der Waals surface area contributed by atoms with Crippen molar-refractivity contribution >= 4 is 22.1 Å². The Morgan fingerprint density at radius 3 is 2.48 bits per heavy atom. The summed E-state index contributed by atoms with van der Waals surface area (Å²) in [6.45, 7) is 4.34. The van der Waals surface area contributed by atoms with Crippen LogP contribution in [0.25, 0.3) is 22.1 Å². The van der Waals surface area contributed by atoms with E-state index in [2.05, 4.69) is 14.8 Å². The second kappa shape index (κ2) is 6.40. The summed E-state index contributed by atoms with van der Waals surface area (Å²) in [6.07, 6.45) is 0.765. The van der Waals surface area contributed by atoms with Gasteiger partial charge in [0, 0.05) is 20.4 Å². The van der Waals surface area contributed by atoms with Crippen molar-refractivity contribution in [3.63, 3.8) is 0 Å². The highest BCUT2D eigenvalue weighted by Gasteiger charge is 2.33. The number of nitrogens with zero attached hydrogens (tertiary/aromatic N) is 6. The lowest BCUT2D eigenvalue weighted by Gasteiger charge is -2.11. The molecule has 148 valence electrons. The third-order valence-electron chi connectivity index (χ3n) is 5.50. The molecule has 0 spiro atoms. The topological polar surface area (TPSA) is 69.5 Å². The monoisotopic (exact) mass is 392 g/mol. The van der Waals surface area contributed by atoms with Gasteiger partial charge in [0.2, 0.25) is 0 Å². The van der Waals surface area contributed by atoms with Crippen LogP contribution in [0, 0.1) is 0 Å². The highest BCUT2D eigenvalue weighted by molar-refractivity contribution is 5.77. The Balaban J connectivity index is 1.64. The molecule has 0 saturated carbocycles. The van der Waals surface area contributed by atoms with Gasteiger partial charge >= 0.3 is 5.69 Å². The minimum atomic E-state index is -1.36. The number of benzene rings is 2. The molecular formula is C22H24N6O. The summed E-state index contributed by atoms with van der Waals surface area (Å²) in [5, 5.41) is 8.23. The van der Waals surface area contributed by atoms with Crippen LogP contribution < -0.4 is 5.69 Å². The van der Waals surface area contributed by atoms with Crippen LogP contribution in [0.15, 0.2) is 63.6 Å². The molecule has 0 fully saturated rings. The Bertz CT molecular complexity index is 1370. The zero-order valence-corrected chi connectivity index (χ0v) is 16.5. The first kappa shape index (κ1) is 15.7. The number of aryl methyl sites for hydroxylation is 1. The van der Waals surface area contributed by atoms with Gasteiger partial charge in [0.1, 0.15) is 5.82 Å². The molecule has 0 radical (unpaired) electrons. The molecular weight excluding hydrogens is 364 g/mol. The summed E-state index contributed by atoms with van der Waals surface area (Å²) in [4.78, 5) is 18.2. The van der Waals surface area contributed by atoms with Crippen molar-refractivity contribution in [1.29, 1.82) is 0 Å². The van der Waals surface area contributed by atoms with Gasteiger partial charge in [0.15, 0.2) is 5.66 Å². The molecule has 0 bridgehead atoms. The van der Waals surface area contributed by atoms with Gasteiger partial charge in [-0.1, -0.05) is 24.3 Å². The molecule has 1 aliphatic heterocycles. The smallest absolute Gasteiger partial charge is 0.326 e. The van der Waals surface area contributed by atoms with Gasteiger partial charge in [0.05, 0.1) is 30.0 Å². The number of fused-ring (bicyclic) bond motifs is 2. The third kappa shape index (κ3) is 2.97. The van der Waals surface area contributed by atoms with Crippen molar-refractivity contribution in [3.8, 4) is 0 Å². The Labute approximate surface area is 171 Å². The van der Waals surface area contributed by atoms with Crippen molar-refractivity contribution < 1.29 is 2.74 Å². The predicted molar refractivity (Wildman–Crippen MR) is 113 cm³/mol. The quantitative estimate of drug-likeness (QED) is 0.489. The SMILES string of the molecule is [3H]CC([3H])(C)n1c(=O)n(Cc2nc3ccccc3n2CCC2(C)N=N2)c2ccccc21. The molecule has 7 nitrogen and oxygen atoms in total. The van der Waals surface area contributed by atoms with Crippen LogP contribution in [0.3, 0.4) is 0 Å². The molecule has 2 aromatic heterocycles. The van der Waals surface area contributed by atoms with Crippen LogP contribution >= 0.6 is 0 Å². The lowest BCUT2D eigenvalue weighted by Crippen LogP contribution is -2.27. The van der Waals surface area contributed by atoms with Crippen LogP contribution in [-0.4, -0.2) is 24.3 Å². The van der Waals surface area contributed by atoms with E-state index < -0.39 is 6.02 Å². The van der Waals surface area contributed by atoms with E-state index in [0.717, 1.165) is 28.8 Å². The Kier molecular flexibility index (Phi) is 3.46. The maximum atomic E-state index is 13.4. The fourth-order valence-corrected chi connectivity index (χ4v) is 3.88. The van der Waals surface area contributed by atoms with E-state index in [1.165, 1.54) is 4.57 Å². The lowest BCUT2D eigenvalue weighted by atomic mass is 10.2. The summed E-state index contributed by atoms with van der Waals surface area (Å²) >= 11 is 0. The number of para-hydroxylation sites is 4. The molecule has 1 atom stereocenters. The molecule has 0 saturated heterocycles. The van der Waals surface area contributed by atoms with Crippen LogP contribution in [0.4, 0.5) is 0 Å². The van der Waals surface area contributed by atoms with Gasteiger partial charge < -0.3 is 4.57 Å². The molecule has 3 heterocycles. The maximum absolute atomic E-state index is 13.4. The van der Waals surface area contributed by atoms with Crippen LogP contribution in [0.1, 0.15) is 41.8 Å². The lowest BCUT2D eigenvalue weighted by molar-refractivity contribution is 0.513. The molecule has 7 heteroatoms. The second-order valence-corrected chi connectivity index (χ2v) is 7.76. The van der Waals surface area contributed by atoms with Gasteiger partial charge in [-0.3, -0.25) is 9.13 Å². The average Bonchev–Trinajstić information content (AvgIpc) is 3.29. The van der Waals surface area contributed by atoms with Gasteiger partial charge in [0.25, 0.3) is 0 Å². The number of aromatic nitrogens is 4. The molecule has 4 aromatic rings. The normalized spacial score (nSPS) is 18.0. The first-order valence-corrected chi connectivity index (χ1v) is 9.71. The van der Waals surface area contributed by atoms with Crippen molar-refractivity contribution in [2.24, 2.45) is 10.2 Å². The minimum absolute atomic E-state index is 0.217. The van der Waals surface area contributed by atoms with Crippen LogP contribution in [0.2, 0.25) is 0 Å². The zero-order chi connectivity index (χ0) is 21.8. The third-order valence-corrected chi connectivity index (χ3v) is 5.50.